The largest absolute Gasteiger partial charge is 0.367 e. The molecule has 0 aliphatic rings. The first kappa shape index (κ1) is 9.61. The third-order valence-corrected chi connectivity index (χ3v) is 3.19. The van der Waals surface area contributed by atoms with Crippen LogP contribution < -0.4 is 5.32 Å². The van der Waals surface area contributed by atoms with Crippen molar-refractivity contribution >= 4 is 28.9 Å². The highest BCUT2D eigenvalue weighted by molar-refractivity contribution is 7.13. The van der Waals surface area contributed by atoms with Gasteiger partial charge in [0.05, 0.1) is 16.6 Å². The summed E-state index contributed by atoms with van der Waals surface area (Å²) in [6.45, 7) is 3.08. The molecule has 0 amide bonds. The maximum atomic E-state index is 4.29. The molecule has 5 heteroatoms. The first-order valence-corrected chi connectivity index (χ1v) is 6.13. The Morgan fingerprint density at radius 3 is 3.07 bits per heavy atom. The first-order chi connectivity index (χ1) is 6.92. The number of rotatable bonds is 4. The van der Waals surface area contributed by atoms with E-state index in [4.69, 9.17) is 0 Å². The summed E-state index contributed by atoms with van der Waals surface area (Å²) >= 11 is 2.95. The minimum absolute atomic E-state index is 0.916. The molecule has 0 saturated heterocycles. The zero-order chi connectivity index (χ0) is 9.80. The van der Waals surface area contributed by atoms with Gasteiger partial charge in [0.1, 0.15) is 5.69 Å². The fourth-order valence-electron chi connectivity index (χ4n) is 1.12. The summed E-state index contributed by atoms with van der Waals surface area (Å²) in [5.41, 5.74) is 0.985. The molecule has 0 aliphatic heterocycles. The van der Waals surface area contributed by atoms with E-state index in [9.17, 15) is 0 Å². The first-order valence-electron chi connectivity index (χ1n) is 4.52. The van der Waals surface area contributed by atoms with Gasteiger partial charge in [-0.05, 0) is 17.9 Å². The molecule has 0 aromatic carbocycles. The number of anilines is 1. The van der Waals surface area contributed by atoms with Crippen LogP contribution in [0.15, 0.2) is 17.5 Å². The van der Waals surface area contributed by atoms with Crippen molar-refractivity contribution in [2.24, 2.45) is 0 Å². The third-order valence-electron chi connectivity index (χ3n) is 1.79. The molecule has 0 bridgehead atoms. The Bertz CT molecular complexity index is 380. The van der Waals surface area contributed by atoms with Crippen LogP contribution in [-0.4, -0.2) is 15.3 Å². The quantitative estimate of drug-likeness (QED) is 0.869. The van der Waals surface area contributed by atoms with Gasteiger partial charge in [-0.2, -0.15) is 8.75 Å². The second-order valence-electron chi connectivity index (χ2n) is 2.87. The fourth-order valence-corrected chi connectivity index (χ4v) is 2.44. The van der Waals surface area contributed by atoms with E-state index < -0.39 is 0 Å². The van der Waals surface area contributed by atoms with Gasteiger partial charge in [0.25, 0.3) is 0 Å². The van der Waals surface area contributed by atoms with Gasteiger partial charge in [0.15, 0.2) is 5.82 Å². The van der Waals surface area contributed by atoms with Gasteiger partial charge in [-0.3, -0.25) is 0 Å². The lowest BCUT2D eigenvalue weighted by Gasteiger charge is -2.00. The lowest BCUT2D eigenvalue weighted by Crippen LogP contribution is -2.00. The third kappa shape index (κ3) is 1.93. The van der Waals surface area contributed by atoms with Gasteiger partial charge < -0.3 is 5.32 Å². The lowest BCUT2D eigenvalue weighted by molar-refractivity contribution is 0.974. The molecule has 3 nitrogen and oxygen atoms in total. The maximum Gasteiger partial charge on any atom is 0.168 e. The molecule has 0 atom stereocenters. The molecular formula is C9H11N3S2. The average molecular weight is 225 g/mol. The molecule has 0 radical (unpaired) electrons. The fraction of sp³-hybridized carbons (Fsp3) is 0.333. The van der Waals surface area contributed by atoms with Crippen LogP contribution in [0.5, 0.6) is 0 Å². The summed E-state index contributed by atoms with van der Waals surface area (Å²) in [6.07, 6.45) is 1.10. The number of aromatic nitrogens is 2. The Morgan fingerprint density at radius 2 is 2.36 bits per heavy atom. The number of hydrogen-bond acceptors (Lipinski definition) is 5. The van der Waals surface area contributed by atoms with E-state index in [1.54, 1.807) is 11.3 Å². The van der Waals surface area contributed by atoms with Crippen LogP contribution in [-0.2, 0) is 0 Å². The summed E-state index contributed by atoms with van der Waals surface area (Å²) < 4.78 is 8.53. The summed E-state index contributed by atoms with van der Waals surface area (Å²) in [6, 6.07) is 4.10. The summed E-state index contributed by atoms with van der Waals surface area (Å²) in [7, 11) is 0. The van der Waals surface area contributed by atoms with E-state index in [0.717, 1.165) is 24.5 Å². The molecule has 2 rings (SSSR count). The van der Waals surface area contributed by atoms with Crippen molar-refractivity contribution in [1.82, 2.24) is 8.75 Å². The average Bonchev–Trinajstić information content (AvgIpc) is 2.84. The predicted octanol–water partition coefficient (Wildman–Crippen LogP) is 3.09. The van der Waals surface area contributed by atoms with Gasteiger partial charge >= 0.3 is 0 Å². The standard InChI is InChI=1S/C9H11N3S2/c1-2-5-10-9-8(11-14-12-9)7-4-3-6-13-7/h3-4,6H,2,5H2,1H3,(H,10,12). The van der Waals surface area contributed by atoms with Crippen molar-refractivity contribution in [2.45, 2.75) is 13.3 Å². The molecule has 2 aromatic heterocycles. The summed E-state index contributed by atoms with van der Waals surface area (Å²) in [5.74, 6) is 0.916. The van der Waals surface area contributed by atoms with Gasteiger partial charge in [-0.25, -0.2) is 0 Å². The Kier molecular flexibility index (Phi) is 3.10. The summed E-state index contributed by atoms with van der Waals surface area (Å²) in [4.78, 5) is 1.18. The zero-order valence-electron chi connectivity index (χ0n) is 7.86. The molecule has 0 saturated carbocycles. The molecule has 0 aliphatic carbocycles. The number of nitrogens with zero attached hydrogens (tertiary/aromatic N) is 2. The molecule has 2 heterocycles. The molecule has 1 N–H and O–H groups in total. The van der Waals surface area contributed by atoms with Crippen LogP contribution in [0, 0.1) is 0 Å². The number of thiophene rings is 1. The molecular weight excluding hydrogens is 214 g/mol. The molecule has 2 aromatic rings. The monoisotopic (exact) mass is 225 g/mol. The van der Waals surface area contributed by atoms with Crippen LogP contribution >= 0.6 is 23.1 Å². The Balaban J connectivity index is 2.22. The molecule has 0 fully saturated rings. The molecule has 0 spiro atoms. The minimum Gasteiger partial charge on any atom is -0.367 e. The SMILES string of the molecule is CCCNc1nsnc1-c1cccs1. The Hall–Kier alpha value is -0.940. The van der Waals surface area contributed by atoms with Crippen molar-refractivity contribution in [3.8, 4) is 10.6 Å². The Morgan fingerprint density at radius 1 is 1.43 bits per heavy atom. The number of hydrogen-bond donors (Lipinski definition) is 1. The topological polar surface area (TPSA) is 37.8 Å². The lowest BCUT2D eigenvalue weighted by atomic mass is 10.3. The van der Waals surface area contributed by atoms with Crippen LogP contribution in [0.2, 0.25) is 0 Å². The van der Waals surface area contributed by atoms with Crippen molar-refractivity contribution < 1.29 is 0 Å². The van der Waals surface area contributed by atoms with Gasteiger partial charge in [-0.1, -0.05) is 13.0 Å². The highest BCUT2D eigenvalue weighted by Crippen LogP contribution is 2.29. The van der Waals surface area contributed by atoms with E-state index in [0.29, 0.717) is 0 Å². The normalized spacial score (nSPS) is 10.4. The van der Waals surface area contributed by atoms with Gasteiger partial charge in [-0.15, -0.1) is 11.3 Å². The minimum atomic E-state index is 0.916. The van der Waals surface area contributed by atoms with Gasteiger partial charge in [0, 0.05) is 6.54 Å². The van der Waals surface area contributed by atoms with Crippen LogP contribution in [0.4, 0.5) is 5.82 Å². The van der Waals surface area contributed by atoms with Crippen molar-refractivity contribution in [3.63, 3.8) is 0 Å². The summed E-state index contributed by atoms with van der Waals surface area (Å²) in [5, 5.41) is 5.33. The van der Waals surface area contributed by atoms with Crippen LogP contribution in [0.25, 0.3) is 10.6 Å². The molecule has 14 heavy (non-hydrogen) atoms. The highest BCUT2D eigenvalue weighted by Gasteiger charge is 2.09. The van der Waals surface area contributed by atoms with Gasteiger partial charge in [0.2, 0.25) is 0 Å². The van der Waals surface area contributed by atoms with Crippen molar-refractivity contribution in [1.29, 1.82) is 0 Å². The Labute approximate surface area is 91.1 Å². The smallest absolute Gasteiger partial charge is 0.168 e. The van der Waals surface area contributed by atoms with E-state index in [1.165, 1.54) is 16.6 Å². The van der Waals surface area contributed by atoms with Crippen LogP contribution in [0.3, 0.4) is 0 Å². The molecule has 0 unspecified atom stereocenters. The maximum absolute atomic E-state index is 4.29. The van der Waals surface area contributed by atoms with Crippen molar-refractivity contribution in [2.75, 3.05) is 11.9 Å². The van der Waals surface area contributed by atoms with Crippen LogP contribution in [0.1, 0.15) is 13.3 Å². The second kappa shape index (κ2) is 4.52. The zero-order valence-corrected chi connectivity index (χ0v) is 9.49. The molecule has 74 valence electrons. The van der Waals surface area contributed by atoms with E-state index in [-0.39, 0.29) is 0 Å². The highest BCUT2D eigenvalue weighted by atomic mass is 32.1. The number of nitrogens with one attached hydrogen (secondary N) is 1. The second-order valence-corrected chi connectivity index (χ2v) is 4.34. The van der Waals surface area contributed by atoms with E-state index >= 15 is 0 Å². The van der Waals surface area contributed by atoms with E-state index in [2.05, 4.69) is 32.4 Å². The van der Waals surface area contributed by atoms with Crippen molar-refractivity contribution in [3.05, 3.63) is 17.5 Å². The van der Waals surface area contributed by atoms with E-state index in [1.807, 2.05) is 6.07 Å². The predicted molar refractivity (Wildman–Crippen MR) is 62.0 cm³/mol.